The van der Waals surface area contributed by atoms with Gasteiger partial charge in [-0.3, -0.25) is 4.79 Å². The maximum atomic E-state index is 11.6. The Bertz CT molecular complexity index is 1450. The SMILES string of the molecule is C#C.COC(=O)c1ccc(-n2cnc(C)c2)c(OC)n1.Cc1cn(-c2ccc(C(=O)O)[nH]c2=O)cn1.Cl.PP. The number of carbonyl (C=O) groups excluding carboxylic acids is 1. The third kappa shape index (κ3) is 9.65. The Morgan fingerprint density at radius 2 is 1.46 bits per heavy atom. The van der Waals surface area contributed by atoms with Crippen molar-refractivity contribution in [1.29, 1.82) is 0 Å². The first-order valence-corrected chi connectivity index (χ1v) is 13.2. The van der Waals surface area contributed by atoms with E-state index in [2.05, 4.69) is 55.4 Å². The lowest BCUT2D eigenvalue weighted by Crippen LogP contribution is -2.17. The molecule has 0 amide bonds. The molecule has 0 radical (unpaired) electrons. The van der Waals surface area contributed by atoms with E-state index in [1.807, 2.05) is 13.1 Å². The fourth-order valence-corrected chi connectivity index (χ4v) is 2.90. The van der Waals surface area contributed by atoms with Crippen molar-refractivity contribution in [2.45, 2.75) is 13.8 Å². The maximum absolute atomic E-state index is 11.6. The number of esters is 1. The number of nitrogens with one attached hydrogen (secondary N) is 1. The predicted octanol–water partition coefficient (Wildman–Crippen LogP) is 3.26. The molecule has 0 spiro atoms. The number of imidazole rings is 2. The Morgan fingerprint density at radius 1 is 0.949 bits per heavy atom. The van der Waals surface area contributed by atoms with Crippen LogP contribution in [0.1, 0.15) is 32.4 Å². The average molecular weight is 595 g/mol. The second-order valence-corrected chi connectivity index (χ2v) is 6.95. The molecule has 208 valence electrons. The Kier molecular flexibility index (Phi) is 15.7. The largest absolute Gasteiger partial charge is 0.479 e. The first-order chi connectivity index (χ1) is 18.2. The number of carbonyl (C=O) groups is 2. The molecule has 15 heteroatoms. The maximum Gasteiger partial charge on any atom is 0.356 e. The molecule has 4 heterocycles. The average Bonchev–Trinajstić information content (AvgIpc) is 3.58. The number of rotatable bonds is 5. The van der Waals surface area contributed by atoms with Crippen molar-refractivity contribution in [2.24, 2.45) is 0 Å². The van der Waals surface area contributed by atoms with Crippen LogP contribution in [0.25, 0.3) is 11.4 Å². The van der Waals surface area contributed by atoms with Gasteiger partial charge < -0.3 is 28.7 Å². The van der Waals surface area contributed by atoms with Crippen LogP contribution in [0.15, 0.2) is 54.1 Å². The van der Waals surface area contributed by atoms with Gasteiger partial charge in [0.2, 0.25) is 5.88 Å². The van der Waals surface area contributed by atoms with E-state index >= 15 is 0 Å². The van der Waals surface area contributed by atoms with Crippen molar-refractivity contribution in [3.63, 3.8) is 0 Å². The van der Waals surface area contributed by atoms with E-state index in [1.165, 1.54) is 32.7 Å². The highest BCUT2D eigenvalue weighted by Gasteiger charge is 2.13. The Hall–Kier alpha value is -4.03. The molecule has 0 fully saturated rings. The molecule has 4 aromatic rings. The topological polar surface area (TPSA) is 154 Å². The van der Waals surface area contributed by atoms with Gasteiger partial charge in [-0.15, -0.1) is 43.1 Å². The van der Waals surface area contributed by atoms with Crippen molar-refractivity contribution in [1.82, 2.24) is 29.1 Å². The molecule has 0 saturated heterocycles. The van der Waals surface area contributed by atoms with Crippen LogP contribution in [0.4, 0.5) is 0 Å². The number of aromatic carboxylic acids is 1. The number of halogens is 1. The number of ether oxygens (including phenoxy) is 2. The summed E-state index contributed by atoms with van der Waals surface area (Å²) in [6, 6.07) is 6.11. The molecular weight excluding hydrogens is 566 g/mol. The number of H-pyrrole nitrogens is 1. The molecule has 0 aliphatic heterocycles. The van der Waals surface area contributed by atoms with Crippen molar-refractivity contribution < 1.29 is 24.2 Å². The van der Waals surface area contributed by atoms with E-state index in [0.717, 1.165) is 11.4 Å². The smallest absolute Gasteiger partial charge is 0.356 e. The van der Waals surface area contributed by atoms with Gasteiger partial charge >= 0.3 is 11.9 Å². The van der Waals surface area contributed by atoms with Gasteiger partial charge in [0.1, 0.15) is 17.1 Å². The Balaban J connectivity index is 0.000000645. The van der Waals surface area contributed by atoms with E-state index in [-0.39, 0.29) is 23.8 Å². The fraction of sp³-hybridized carbons (Fsp3) is 0.167. The summed E-state index contributed by atoms with van der Waals surface area (Å²) in [4.78, 5) is 48.1. The first kappa shape index (κ1) is 35.0. The summed E-state index contributed by atoms with van der Waals surface area (Å²) in [7, 11) is 7.47. The van der Waals surface area contributed by atoms with Gasteiger partial charge in [0, 0.05) is 12.4 Å². The van der Waals surface area contributed by atoms with Crippen molar-refractivity contribution in [3.05, 3.63) is 82.4 Å². The number of hydrogen-bond donors (Lipinski definition) is 2. The zero-order valence-corrected chi connectivity index (χ0v) is 24.7. The van der Waals surface area contributed by atoms with Gasteiger partial charge in [-0.25, -0.2) is 24.5 Å². The van der Waals surface area contributed by atoms with Crippen LogP contribution in [0.5, 0.6) is 5.88 Å². The van der Waals surface area contributed by atoms with Crippen molar-refractivity contribution in [2.75, 3.05) is 14.2 Å². The molecule has 2 N–H and O–H groups in total. The number of terminal acetylenes is 1. The fourth-order valence-electron chi connectivity index (χ4n) is 2.90. The monoisotopic (exact) mass is 594 g/mol. The summed E-state index contributed by atoms with van der Waals surface area (Å²) in [5.41, 5.74) is 2.32. The number of carboxylic acids is 1. The highest BCUT2D eigenvalue weighted by Crippen LogP contribution is 2.21. The van der Waals surface area contributed by atoms with Crippen LogP contribution in [-0.2, 0) is 4.74 Å². The highest BCUT2D eigenvalue weighted by atomic mass is 35.5. The Labute approximate surface area is 235 Å². The molecule has 4 rings (SSSR count). The van der Waals surface area contributed by atoms with Crippen LogP contribution in [0.2, 0.25) is 0 Å². The summed E-state index contributed by atoms with van der Waals surface area (Å²) in [6.45, 7) is 3.69. The van der Waals surface area contributed by atoms with Crippen molar-refractivity contribution in [3.8, 4) is 30.1 Å². The molecule has 0 aliphatic rings. The van der Waals surface area contributed by atoms with Crippen molar-refractivity contribution >= 4 is 42.2 Å². The van der Waals surface area contributed by atoms with Gasteiger partial charge in [-0.2, -0.15) is 0 Å². The molecule has 4 aromatic heterocycles. The summed E-state index contributed by atoms with van der Waals surface area (Å²) < 4.78 is 13.1. The predicted molar refractivity (Wildman–Crippen MR) is 156 cm³/mol. The van der Waals surface area contributed by atoms with Crippen LogP contribution >= 0.6 is 30.3 Å². The lowest BCUT2D eigenvalue weighted by molar-refractivity contribution is 0.0592. The van der Waals surface area contributed by atoms with Gasteiger partial charge in [0.25, 0.3) is 5.56 Å². The second-order valence-electron chi connectivity index (χ2n) is 6.95. The third-order valence-electron chi connectivity index (χ3n) is 4.53. The Morgan fingerprint density at radius 3 is 1.87 bits per heavy atom. The summed E-state index contributed by atoms with van der Waals surface area (Å²) in [5, 5.41) is 8.69. The normalized spacial score (nSPS) is 9.13. The number of nitrogens with zero attached hydrogens (tertiary/aromatic N) is 5. The first-order valence-electron chi connectivity index (χ1n) is 10.5. The highest BCUT2D eigenvalue weighted by molar-refractivity contribution is 7.92. The summed E-state index contributed by atoms with van der Waals surface area (Å²) in [5.74, 6) is -1.32. The lowest BCUT2D eigenvalue weighted by atomic mass is 10.3. The van der Waals surface area contributed by atoms with E-state index in [4.69, 9.17) is 9.84 Å². The molecule has 0 bridgehead atoms. The number of pyridine rings is 2. The second kappa shape index (κ2) is 17.5. The molecule has 39 heavy (non-hydrogen) atoms. The van der Waals surface area contributed by atoms with Gasteiger partial charge in [-0.1, -0.05) is 0 Å². The number of hydrogen-bond acceptors (Lipinski definition) is 8. The lowest BCUT2D eigenvalue weighted by Gasteiger charge is -2.09. The molecule has 12 nitrogen and oxygen atoms in total. The van der Waals surface area contributed by atoms with E-state index < -0.39 is 17.5 Å². The van der Waals surface area contributed by atoms with E-state index in [0.29, 0.717) is 17.3 Å². The molecule has 0 saturated carbocycles. The molecular formula is C24H29ClN6O6P2. The minimum absolute atomic E-state index is 0. The van der Waals surface area contributed by atoms with Crippen LogP contribution in [0.3, 0.4) is 0 Å². The molecule has 2 atom stereocenters. The number of aromatic nitrogens is 6. The van der Waals surface area contributed by atoms with E-state index in [1.54, 1.807) is 40.7 Å². The quantitative estimate of drug-likeness (QED) is 0.201. The molecule has 0 aliphatic carbocycles. The minimum Gasteiger partial charge on any atom is -0.479 e. The zero-order chi connectivity index (χ0) is 28.8. The number of carboxylic acid groups (broad SMARTS) is 1. The summed E-state index contributed by atoms with van der Waals surface area (Å²) in [6.07, 6.45) is 14.7. The zero-order valence-electron chi connectivity index (χ0n) is 21.6. The van der Waals surface area contributed by atoms with Crippen LogP contribution < -0.4 is 10.3 Å². The van der Waals surface area contributed by atoms with Gasteiger partial charge in [0.15, 0.2) is 5.69 Å². The van der Waals surface area contributed by atoms with Gasteiger partial charge in [0.05, 0.1) is 38.3 Å². The van der Waals surface area contributed by atoms with Crippen LogP contribution in [-0.4, -0.2) is 60.3 Å². The molecule has 2 unspecified atom stereocenters. The van der Waals surface area contributed by atoms with E-state index in [9.17, 15) is 14.4 Å². The number of aromatic amines is 1. The third-order valence-corrected chi connectivity index (χ3v) is 4.53. The van der Waals surface area contributed by atoms with Crippen LogP contribution in [0, 0.1) is 26.7 Å². The molecule has 0 aromatic carbocycles. The number of aryl methyl sites for hydroxylation is 2. The summed E-state index contributed by atoms with van der Waals surface area (Å²) >= 11 is 0. The van der Waals surface area contributed by atoms with Gasteiger partial charge in [-0.05, 0) is 38.1 Å². The standard InChI is InChI=1S/C12H13N3O3.C10H9N3O3.C2H2.ClH.H4P2/c1-8-6-15(7-13-8)10-5-4-9(12(16)18-3)14-11(10)17-2;1-6-4-13(5-11-6)8-3-2-7(10(15)16)12-9(8)14;1-2;;1-2/h4-7H,1-3H3;2-5H,1H3,(H,12,14)(H,15,16);1-2H;1H;1-2H2. The minimum atomic E-state index is -1.16. The number of methoxy groups -OCH3 is 2.